The number of benzene rings is 1. The maximum absolute atomic E-state index is 5.95. The predicted molar refractivity (Wildman–Crippen MR) is 105 cm³/mol. The van der Waals surface area contributed by atoms with E-state index in [1.165, 1.54) is 5.56 Å². The largest absolute Gasteiger partial charge is 0.381 e. The third kappa shape index (κ3) is 3.56. The zero-order valence-electron chi connectivity index (χ0n) is 13.5. The lowest BCUT2D eigenvalue weighted by Gasteiger charge is -2.15. The maximum Gasteiger partial charge on any atom is 0.171 e. The van der Waals surface area contributed by atoms with E-state index in [0.717, 1.165) is 23.5 Å². The van der Waals surface area contributed by atoms with Crippen LogP contribution in [-0.4, -0.2) is 16.5 Å². The fourth-order valence-electron chi connectivity index (χ4n) is 2.63. The molecule has 3 aromatic rings. The molecule has 6 nitrogen and oxygen atoms in total. The molecule has 1 aliphatic rings. The number of hydrogen-bond donors (Lipinski definition) is 4. The summed E-state index contributed by atoms with van der Waals surface area (Å²) in [6, 6.07) is 8.33. The van der Waals surface area contributed by atoms with Gasteiger partial charge >= 0.3 is 0 Å². The van der Waals surface area contributed by atoms with Crippen molar-refractivity contribution in [3.05, 3.63) is 58.4 Å². The Hall–Kier alpha value is -3.06. The summed E-state index contributed by atoms with van der Waals surface area (Å²) in [5.74, 6) is 1.62. The van der Waals surface area contributed by atoms with Crippen molar-refractivity contribution in [1.82, 2.24) is 9.97 Å². The molecule has 1 aliphatic heterocycles. The second-order valence-corrected chi connectivity index (χ2v) is 6.46. The smallest absolute Gasteiger partial charge is 0.171 e. The van der Waals surface area contributed by atoms with Crippen LogP contribution in [0.5, 0.6) is 0 Å². The molecule has 4 rings (SSSR count). The monoisotopic (exact) mass is 350 g/mol. The van der Waals surface area contributed by atoms with Gasteiger partial charge in [-0.3, -0.25) is 0 Å². The van der Waals surface area contributed by atoms with Gasteiger partial charge < -0.3 is 21.7 Å². The molecule has 126 valence electrons. The van der Waals surface area contributed by atoms with Crippen molar-refractivity contribution in [3.63, 3.8) is 0 Å². The molecule has 25 heavy (non-hydrogen) atoms. The second kappa shape index (κ2) is 6.82. The van der Waals surface area contributed by atoms with Crippen molar-refractivity contribution in [1.29, 1.82) is 0 Å². The number of anilines is 5. The van der Waals surface area contributed by atoms with E-state index in [-0.39, 0.29) is 0 Å². The summed E-state index contributed by atoms with van der Waals surface area (Å²) in [6.07, 6.45) is 5.88. The van der Waals surface area contributed by atoms with Gasteiger partial charge in [-0.25, -0.2) is 9.97 Å². The molecule has 0 atom stereocenters. The lowest BCUT2D eigenvalue weighted by Crippen LogP contribution is -2.09. The highest BCUT2D eigenvalue weighted by atomic mass is 32.1. The first kappa shape index (κ1) is 15.5. The molecular formula is C18H18N6S. The van der Waals surface area contributed by atoms with Gasteiger partial charge in [0.25, 0.3) is 0 Å². The van der Waals surface area contributed by atoms with Gasteiger partial charge in [0.1, 0.15) is 0 Å². The number of hydrogen-bond acceptors (Lipinski definition) is 7. The van der Waals surface area contributed by atoms with Crippen LogP contribution in [0.25, 0.3) is 6.08 Å². The van der Waals surface area contributed by atoms with E-state index in [1.54, 1.807) is 17.5 Å². The Morgan fingerprint density at radius 3 is 3.12 bits per heavy atom. The molecule has 0 unspecified atom stereocenters. The van der Waals surface area contributed by atoms with Crippen LogP contribution in [0.2, 0.25) is 0 Å². The molecule has 1 aromatic carbocycles. The molecular weight excluding hydrogens is 332 g/mol. The first-order valence-corrected chi connectivity index (χ1v) is 8.91. The number of nitrogen functional groups attached to an aromatic ring is 1. The molecule has 0 saturated heterocycles. The van der Waals surface area contributed by atoms with Crippen LogP contribution in [0.15, 0.2) is 47.3 Å². The minimum Gasteiger partial charge on any atom is -0.381 e. The van der Waals surface area contributed by atoms with E-state index in [4.69, 9.17) is 5.73 Å². The summed E-state index contributed by atoms with van der Waals surface area (Å²) in [5.41, 5.74) is 10.5. The van der Waals surface area contributed by atoms with Crippen LogP contribution in [-0.2, 0) is 6.54 Å². The first-order chi connectivity index (χ1) is 12.3. The van der Waals surface area contributed by atoms with Crippen LogP contribution in [0, 0.1) is 0 Å². The molecule has 0 spiro atoms. The number of rotatable bonds is 5. The average Bonchev–Trinajstić information content (AvgIpc) is 3.15. The minimum absolute atomic E-state index is 0.385. The topological polar surface area (TPSA) is 87.9 Å². The third-order valence-corrected chi connectivity index (χ3v) is 4.56. The van der Waals surface area contributed by atoms with Gasteiger partial charge in [-0.1, -0.05) is 18.2 Å². The summed E-state index contributed by atoms with van der Waals surface area (Å²) in [5, 5.41) is 13.9. The highest BCUT2D eigenvalue weighted by Gasteiger charge is 2.07. The van der Waals surface area contributed by atoms with E-state index in [9.17, 15) is 0 Å². The molecule has 2 aromatic heterocycles. The Morgan fingerprint density at radius 1 is 1.28 bits per heavy atom. The van der Waals surface area contributed by atoms with Gasteiger partial charge in [-0.2, -0.15) is 11.3 Å². The summed E-state index contributed by atoms with van der Waals surface area (Å²) in [4.78, 5) is 8.73. The number of nitrogens with one attached hydrogen (secondary N) is 3. The molecule has 7 heteroatoms. The Balaban J connectivity index is 1.48. The maximum atomic E-state index is 5.95. The average molecular weight is 350 g/mol. The van der Waals surface area contributed by atoms with Gasteiger partial charge in [-0.05, 0) is 34.7 Å². The third-order valence-electron chi connectivity index (χ3n) is 3.88. The van der Waals surface area contributed by atoms with Crippen LogP contribution in [0.4, 0.5) is 28.8 Å². The van der Waals surface area contributed by atoms with Gasteiger partial charge in [0.2, 0.25) is 0 Å². The van der Waals surface area contributed by atoms with E-state index >= 15 is 0 Å². The predicted octanol–water partition coefficient (Wildman–Crippen LogP) is 3.91. The van der Waals surface area contributed by atoms with E-state index in [0.29, 0.717) is 24.0 Å². The molecule has 3 heterocycles. The number of aromatic nitrogens is 2. The van der Waals surface area contributed by atoms with Gasteiger partial charge in [0.05, 0.1) is 11.9 Å². The summed E-state index contributed by atoms with van der Waals surface area (Å²) in [7, 11) is 0. The number of nitrogens with two attached hydrogens (primary N) is 1. The molecule has 0 aliphatic carbocycles. The van der Waals surface area contributed by atoms with Gasteiger partial charge in [-0.15, -0.1) is 0 Å². The highest BCUT2D eigenvalue weighted by molar-refractivity contribution is 7.08. The van der Waals surface area contributed by atoms with E-state index in [1.807, 2.05) is 16.8 Å². The van der Waals surface area contributed by atoms with Crippen molar-refractivity contribution in [2.45, 2.75) is 6.54 Å². The number of fused-ring (bicyclic) bond motifs is 1. The summed E-state index contributed by atoms with van der Waals surface area (Å²) < 4.78 is 0. The number of thiophene rings is 1. The van der Waals surface area contributed by atoms with Crippen molar-refractivity contribution in [3.8, 4) is 0 Å². The highest BCUT2D eigenvalue weighted by Crippen LogP contribution is 2.24. The van der Waals surface area contributed by atoms with Gasteiger partial charge in [0.15, 0.2) is 17.5 Å². The molecule has 0 fully saturated rings. The van der Waals surface area contributed by atoms with E-state index < -0.39 is 0 Å². The quantitative estimate of drug-likeness (QED) is 0.558. The van der Waals surface area contributed by atoms with Crippen molar-refractivity contribution < 1.29 is 0 Å². The van der Waals surface area contributed by atoms with Crippen molar-refractivity contribution in [2.75, 3.05) is 28.2 Å². The van der Waals surface area contributed by atoms with Crippen LogP contribution >= 0.6 is 11.3 Å². The Morgan fingerprint density at radius 2 is 2.24 bits per heavy atom. The normalized spacial score (nSPS) is 12.3. The summed E-state index contributed by atoms with van der Waals surface area (Å²) >= 11 is 1.62. The molecule has 0 amide bonds. The molecule has 0 radical (unpaired) electrons. The van der Waals surface area contributed by atoms with Crippen LogP contribution in [0.3, 0.4) is 0 Å². The molecule has 0 bridgehead atoms. The second-order valence-electron chi connectivity index (χ2n) is 5.68. The molecule has 5 N–H and O–H groups in total. The van der Waals surface area contributed by atoms with Crippen molar-refractivity contribution >= 4 is 46.2 Å². The minimum atomic E-state index is 0.385. The zero-order valence-corrected chi connectivity index (χ0v) is 14.3. The fourth-order valence-corrected chi connectivity index (χ4v) is 3.22. The Kier molecular flexibility index (Phi) is 4.22. The number of nitrogens with zero attached hydrogens (tertiary/aromatic N) is 2. The Labute approximate surface area is 149 Å². The van der Waals surface area contributed by atoms with E-state index in [2.05, 4.69) is 56.3 Å². The molecule has 0 saturated carbocycles. The Bertz CT molecular complexity index is 904. The standard InChI is InChI=1S/C18H18N6S/c19-17-18(24-16(10-21-17)23-14-5-7-25-11-14)22-9-12-3-4-15-13(8-12)2-1-6-20-15/h1-5,7-8,10-11,20H,6,9H2,(H2,19,21)(H2,22,23,24). The fraction of sp³-hybridized carbons (Fsp3) is 0.111. The SMILES string of the molecule is Nc1ncc(Nc2ccsc2)nc1NCc1ccc2c(c1)C=CCN2. The van der Waals surface area contributed by atoms with Crippen molar-refractivity contribution in [2.24, 2.45) is 0 Å². The van der Waals surface area contributed by atoms with Gasteiger partial charge in [0, 0.05) is 24.2 Å². The lowest BCUT2D eigenvalue weighted by molar-refractivity contribution is 1.09. The van der Waals surface area contributed by atoms with Crippen LogP contribution in [0.1, 0.15) is 11.1 Å². The first-order valence-electron chi connectivity index (χ1n) is 7.97. The van der Waals surface area contributed by atoms with Crippen LogP contribution < -0.4 is 21.7 Å². The summed E-state index contributed by atoms with van der Waals surface area (Å²) in [6.45, 7) is 1.50. The lowest BCUT2D eigenvalue weighted by atomic mass is 10.1. The zero-order chi connectivity index (χ0) is 17.1.